The molecule has 0 spiro atoms. The maximum Gasteiger partial charge on any atom is 0.251 e. The third-order valence-electron chi connectivity index (χ3n) is 4.38. The van der Waals surface area contributed by atoms with E-state index in [0.717, 1.165) is 22.0 Å². The number of nitrogens with one attached hydrogen (secondary N) is 1. The molecule has 0 saturated carbocycles. The Balaban J connectivity index is 1.90. The summed E-state index contributed by atoms with van der Waals surface area (Å²) in [5.74, 6) is 0. The lowest BCUT2D eigenvalue weighted by Crippen LogP contribution is -2.12. The zero-order valence-corrected chi connectivity index (χ0v) is 14.4. The van der Waals surface area contributed by atoms with Gasteiger partial charge in [0, 0.05) is 28.5 Å². The first-order valence-electron chi connectivity index (χ1n) is 7.98. The molecule has 0 radical (unpaired) electrons. The molecule has 2 heterocycles. The number of imidazole rings is 1. The molecule has 1 atom stereocenters. The number of pyridine rings is 1. The summed E-state index contributed by atoms with van der Waals surface area (Å²) in [4.78, 5) is 18.9. The predicted octanol–water partition coefficient (Wildman–Crippen LogP) is 4.32. The molecule has 1 unspecified atom stereocenters. The highest BCUT2D eigenvalue weighted by Crippen LogP contribution is 2.29. The molecule has 0 amide bonds. The van der Waals surface area contributed by atoms with Crippen LogP contribution in [-0.2, 0) is 0 Å². The Morgan fingerprint density at radius 1 is 1.08 bits per heavy atom. The first kappa shape index (κ1) is 15.7. The van der Waals surface area contributed by atoms with Gasteiger partial charge in [0.2, 0.25) is 0 Å². The zero-order chi connectivity index (χ0) is 17.4. The van der Waals surface area contributed by atoms with Crippen molar-refractivity contribution in [2.75, 3.05) is 0 Å². The van der Waals surface area contributed by atoms with Crippen molar-refractivity contribution in [2.45, 2.75) is 13.0 Å². The topological polar surface area (TPSA) is 50.7 Å². The lowest BCUT2D eigenvalue weighted by molar-refractivity contribution is 0.677. The normalized spacial score (nSPS) is 12.4. The van der Waals surface area contributed by atoms with E-state index in [1.165, 1.54) is 0 Å². The molecule has 2 aromatic heterocycles. The second-order valence-corrected chi connectivity index (χ2v) is 6.53. The second kappa shape index (κ2) is 6.22. The Morgan fingerprint density at radius 3 is 2.56 bits per heavy atom. The van der Waals surface area contributed by atoms with Gasteiger partial charge in [0.1, 0.15) is 0 Å². The average Bonchev–Trinajstić information content (AvgIpc) is 3.12. The van der Waals surface area contributed by atoms with Crippen molar-refractivity contribution in [2.24, 2.45) is 0 Å². The van der Waals surface area contributed by atoms with Crippen molar-refractivity contribution in [3.8, 4) is 0 Å². The van der Waals surface area contributed by atoms with Gasteiger partial charge in [0.25, 0.3) is 5.56 Å². The minimum absolute atomic E-state index is 0.0172. The molecule has 0 aliphatic heterocycles. The summed E-state index contributed by atoms with van der Waals surface area (Å²) < 4.78 is 2.06. The highest BCUT2D eigenvalue weighted by molar-refractivity contribution is 6.30. The fourth-order valence-electron chi connectivity index (χ4n) is 3.11. The Kier molecular flexibility index (Phi) is 3.90. The lowest BCUT2D eigenvalue weighted by atomic mass is 9.97. The van der Waals surface area contributed by atoms with E-state index in [1.807, 2.05) is 61.9 Å². The molecule has 0 saturated heterocycles. The van der Waals surface area contributed by atoms with E-state index in [9.17, 15) is 4.79 Å². The van der Waals surface area contributed by atoms with Gasteiger partial charge in [0.15, 0.2) is 0 Å². The number of halogens is 1. The van der Waals surface area contributed by atoms with Crippen molar-refractivity contribution in [3.63, 3.8) is 0 Å². The summed E-state index contributed by atoms with van der Waals surface area (Å²) in [5, 5.41) is 1.72. The molecule has 1 N–H and O–H groups in total. The van der Waals surface area contributed by atoms with Crippen LogP contribution in [0.25, 0.3) is 10.9 Å². The predicted molar refractivity (Wildman–Crippen MR) is 100 cm³/mol. The molecule has 0 aliphatic rings. The molecular weight excluding hydrogens is 334 g/mol. The number of aryl methyl sites for hydroxylation is 1. The van der Waals surface area contributed by atoms with Crippen LogP contribution in [0.5, 0.6) is 0 Å². The SMILES string of the molecule is Cc1cc2cc(C(c3ccc(Cl)cc3)n3ccnc3)ccc2[nH]c1=O. The van der Waals surface area contributed by atoms with Gasteiger partial charge < -0.3 is 9.55 Å². The number of benzene rings is 2. The van der Waals surface area contributed by atoms with Gasteiger partial charge in [-0.3, -0.25) is 4.79 Å². The maximum atomic E-state index is 11.8. The Morgan fingerprint density at radius 2 is 1.84 bits per heavy atom. The van der Waals surface area contributed by atoms with Gasteiger partial charge >= 0.3 is 0 Å². The van der Waals surface area contributed by atoms with E-state index in [1.54, 1.807) is 6.20 Å². The first-order valence-corrected chi connectivity index (χ1v) is 8.36. The first-order chi connectivity index (χ1) is 12.1. The monoisotopic (exact) mass is 349 g/mol. The number of hydrogen-bond acceptors (Lipinski definition) is 2. The van der Waals surface area contributed by atoms with Crippen LogP contribution in [0.1, 0.15) is 22.7 Å². The molecule has 2 aromatic carbocycles. The van der Waals surface area contributed by atoms with Crippen LogP contribution >= 0.6 is 11.6 Å². The summed E-state index contributed by atoms with van der Waals surface area (Å²) in [6.45, 7) is 1.82. The highest BCUT2D eigenvalue weighted by atomic mass is 35.5. The molecule has 5 heteroatoms. The van der Waals surface area contributed by atoms with Crippen LogP contribution in [0, 0.1) is 6.92 Å². The van der Waals surface area contributed by atoms with Crippen LogP contribution < -0.4 is 5.56 Å². The summed E-state index contributed by atoms with van der Waals surface area (Å²) in [6, 6.07) is 15.8. The second-order valence-electron chi connectivity index (χ2n) is 6.09. The van der Waals surface area contributed by atoms with E-state index in [-0.39, 0.29) is 11.6 Å². The third kappa shape index (κ3) is 2.96. The minimum Gasteiger partial charge on any atom is -0.326 e. The number of rotatable bonds is 3. The van der Waals surface area contributed by atoms with Gasteiger partial charge in [-0.2, -0.15) is 0 Å². The van der Waals surface area contributed by atoms with E-state index in [2.05, 4.69) is 20.6 Å². The fourth-order valence-corrected chi connectivity index (χ4v) is 3.23. The molecule has 25 heavy (non-hydrogen) atoms. The number of nitrogens with zero attached hydrogens (tertiary/aromatic N) is 2. The molecule has 4 nitrogen and oxygen atoms in total. The maximum absolute atomic E-state index is 11.8. The van der Waals surface area contributed by atoms with Gasteiger partial charge in [-0.25, -0.2) is 4.98 Å². The average molecular weight is 350 g/mol. The van der Waals surface area contributed by atoms with Gasteiger partial charge in [-0.15, -0.1) is 0 Å². The van der Waals surface area contributed by atoms with Crippen LogP contribution in [0.2, 0.25) is 5.02 Å². The van der Waals surface area contributed by atoms with Crippen molar-refractivity contribution in [1.82, 2.24) is 14.5 Å². The third-order valence-corrected chi connectivity index (χ3v) is 4.63. The highest BCUT2D eigenvalue weighted by Gasteiger charge is 2.16. The molecule has 4 aromatic rings. The zero-order valence-electron chi connectivity index (χ0n) is 13.6. The largest absolute Gasteiger partial charge is 0.326 e. The molecule has 124 valence electrons. The van der Waals surface area contributed by atoms with E-state index < -0.39 is 0 Å². The van der Waals surface area contributed by atoms with E-state index in [0.29, 0.717) is 10.6 Å². The van der Waals surface area contributed by atoms with Crippen LogP contribution in [0.3, 0.4) is 0 Å². The molecular formula is C20H16ClN3O. The van der Waals surface area contributed by atoms with E-state index >= 15 is 0 Å². The summed E-state index contributed by atoms with van der Waals surface area (Å²) >= 11 is 6.04. The smallest absolute Gasteiger partial charge is 0.251 e. The van der Waals surface area contributed by atoms with Crippen molar-refractivity contribution < 1.29 is 0 Å². The van der Waals surface area contributed by atoms with Crippen LogP contribution in [0.4, 0.5) is 0 Å². The van der Waals surface area contributed by atoms with Crippen molar-refractivity contribution >= 4 is 22.5 Å². The fraction of sp³-hybridized carbons (Fsp3) is 0.100. The Hall–Kier alpha value is -2.85. The summed E-state index contributed by atoms with van der Waals surface area (Å²) in [6.07, 6.45) is 5.52. The Bertz CT molecular complexity index is 1080. The Labute approximate surface area is 149 Å². The minimum atomic E-state index is -0.0517. The van der Waals surface area contributed by atoms with Gasteiger partial charge in [-0.05, 0) is 53.8 Å². The number of H-pyrrole nitrogens is 1. The van der Waals surface area contributed by atoms with Crippen molar-refractivity contribution in [1.29, 1.82) is 0 Å². The molecule has 0 bridgehead atoms. The van der Waals surface area contributed by atoms with Gasteiger partial charge in [0.05, 0.1) is 12.4 Å². The van der Waals surface area contributed by atoms with Gasteiger partial charge in [-0.1, -0.05) is 29.8 Å². The summed E-state index contributed by atoms with van der Waals surface area (Å²) in [5.41, 5.74) is 3.71. The number of aromatic nitrogens is 3. The number of aromatic amines is 1. The number of hydrogen-bond donors (Lipinski definition) is 1. The molecule has 0 fully saturated rings. The van der Waals surface area contributed by atoms with Crippen molar-refractivity contribution in [3.05, 3.63) is 99.3 Å². The summed E-state index contributed by atoms with van der Waals surface area (Å²) in [7, 11) is 0. The standard InChI is InChI=1S/C20H16ClN3O/c1-13-10-16-11-15(4-7-18(16)23-20(13)25)19(24-9-8-22-12-24)14-2-5-17(21)6-3-14/h2-12,19H,1H3,(H,23,25). The lowest BCUT2D eigenvalue weighted by Gasteiger charge is -2.20. The quantitative estimate of drug-likeness (QED) is 0.598. The molecule has 0 aliphatic carbocycles. The number of fused-ring (bicyclic) bond motifs is 1. The van der Waals surface area contributed by atoms with Crippen LogP contribution in [0.15, 0.2) is 72.0 Å². The van der Waals surface area contributed by atoms with E-state index in [4.69, 9.17) is 11.6 Å². The van der Waals surface area contributed by atoms with Crippen LogP contribution in [-0.4, -0.2) is 14.5 Å². The molecule has 4 rings (SSSR count).